The fourth-order valence-corrected chi connectivity index (χ4v) is 1.74. The molecule has 0 aromatic heterocycles. The molecule has 0 aliphatic heterocycles. The van der Waals surface area contributed by atoms with E-state index in [1.807, 2.05) is 18.2 Å². The summed E-state index contributed by atoms with van der Waals surface area (Å²) >= 11 is 0. The summed E-state index contributed by atoms with van der Waals surface area (Å²) in [6.07, 6.45) is 3.19. The van der Waals surface area contributed by atoms with E-state index in [-0.39, 0.29) is 0 Å². The van der Waals surface area contributed by atoms with Crippen molar-refractivity contribution in [2.75, 3.05) is 27.3 Å². The van der Waals surface area contributed by atoms with Crippen LogP contribution in [0.1, 0.15) is 25.8 Å². The molecular weight excluding hydrogens is 226 g/mol. The second kappa shape index (κ2) is 7.77. The number of nitrogens with one attached hydrogen (secondary N) is 1. The molecule has 0 unspecified atom stereocenters. The molecule has 0 fully saturated rings. The third kappa shape index (κ3) is 4.08. The van der Waals surface area contributed by atoms with E-state index in [2.05, 4.69) is 25.2 Å². The van der Waals surface area contributed by atoms with Crippen molar-refractivity contribution < 1.29 is 9.47 Å². The van der Waals surface area contributed by atoms with E-state index in [0.717, 1.165) is 36.6 Å². The van der Waals surface area contributed by atoms with E-state index >= 15 is 0 Å². The minimum Gasteiger partial charge on any atom is -0.497 e. The molecular formula is C15H23NO2. The second-order valence-corrected chi connectivity index (χ2v) is 4.04. The number of ether oxygens (including phenoxy) is 2. The van der Waals surface area contributed by atoms with Crippen LogP contribution in [0.3, 0.4) is 0 Å². The SMILES string of the molecule is CCNCC(=Cc1cc(OC)ccc1OC)CC. The Labute approximate surface area is 110 Å². The van der Waals surface area contributed by atoms with Crippen LogP contribution >= 0.6 is 0 Å². The van der Waals surface area contributed by atoms with Crippen LogP contribution in [0.2, 0.25) is 0 Å². The van der Waals surface area contributed by atoms with Crippen LogP contribution in [0, 0.1) is 0 Å². The first-order valence-corrected chi connectivity index (χ1v) is 6.37. The molecule has 3 heteroatoms. The summed E-state index contributed by atoms with van der Waals surface area (Å²) < 4.78 is 10.6. The van der Waals surface area contributed by atoms with Gasteiger partial charge in [-0.15, -0.1) is 0 Å². The van der Waals surface area contributed by atoms with E-state index in [0.29, 0.717) is 0 Å². The van der Waals surface area contributed by atoms with Gasteiger partial charge in [-0.2, -0.15) is 0 Å². The number of hydrogen-bond donors (Lipinski definition) is 1. The topological polar surface area (TPSA) is 30.5 Å². The molecule has 0 saturated heterocycles. The van der Waals surface area contributed by atoms with Gasteiger partial charge in [0.1, 0.15) is 11.5 Å². The molecule has 0 spiro atoms. The Hall–Kier alpha value is -1.48. The lowest BCUT2D eigenvalue weighted by Gasteiger charge is -2.10. The molecule has 0 radical (unpaired) electrons. The predicted octanol–water partition coefficient (Wildman–Crippen LogP) is 3.11. The summed E-state index contributed by atoms with van der Waals surface area (Å²) in [7, 11) is 3.36. The molecule has 3 nitrogen and oxygen atoms in total. The van der Waals surface area contributed by atoms with E-state index in [1.165, 1.54) is 5.57 Å². The van der Waals surface area contributed by atoms with Gasteiger partial charge in [-0.05, 0) is 31.2 Å². The van der Waals surface area contributed by atoms with Crippen molar-refractivity contribution in [3.63, 3.8) is 0 Å². The Bertz CT molecular complexity index is 399. The second-order valence-electron chi connectivity index (χ2n) is 4.04. The maximum Gasteiger partial charge on any atom is 0.126 e. The van der Waals surface area contributed by atoms with Gasteiger partial charge in [0, 0.05) is 12.1 Å². The Kier molecular flexibility index (Phi) is 6.29. The normalized spacial score (nSPS) is 11.4. The molecule has 0 heterocycles. The highest BCUT2D eigenvalue weighted by Gasteiger charge is 2.04. The van der Waals surface area contributed by atoms with Crippen molar-refractivity contribution in [1.29, 1.82) is 0 Å². The Morgan fingerprint density at radius 3 is 2.56 bits per heavy atom. The summed E-state index contributed by atoms with van der Waals surface area (Å²) in [5.74, 6) is 1.72. The van der Waals surface area contributed by atoms with Crippen LogP contribution in [0.25, 0.3) is 6.08 Å². The van der Waals surface area contributed by atoms with Crippen molar-refractivity contribution in [2.24, 2.45) is 0 Å². The number of likely N-dealkylation sites (N-methyl/N-ethyl adjacent to an activating group) is 1. The van der Waals surface area contributed by atoms with Gasteiger partial charge in [-0.1, -0.05) is 25.5 Å². The molecule has 0 saturated carbocycles. The lowest BCUT2D eigenvalue weighted by molar-refractivity contribution is 0.402. The smallest absolute Gasteiger partial charge is 0.126 e. The Morgan fingerprint density at radius 1 is 1.22 bits per heavy atom. The van der Waals surface area contributed by atoms with Crippen LogP contribution in [0.5, 0.6) is 11.5 Å². The lowest BCUT2D eigenvalue weighted by Crippen LogP contribution is -2.15. The number of hydrogen-bond acceptors (Lipinski definition) is 3. The van der Waals surface area contributed by atoms with E-state index in [1.54, 1.807) is 14.2 Å². The van der Waals surface area contributed by atoms with Crippen LogP contribution in [0.15, 0.2) is 23.8 Å². The fourth-order valence-electron chi connectivity index (χ4n) is 1.74. The number of rotatable bonds is 7. The average molecular weight is 249 g/mol. The maximum absolute atomic E-state index is 5.37. The summed E-state index contributed by atoms with van der Waals surface area (Å²) in [5, 5.41) is 3.35. The van der Waals surface area contributed by atoms with Crippen molar-refractivity contribution in [1.82, 2.24) is 5.32 Å². The molecule has 0 bridgehead atoms. The predicted molar refractivity (Wildman–Crippen MR) is 76.4 cm³/mol. The van der Waals surface area contributed by atoms with Crippen molar-refractivity contribution in [2.45, 2.75) is 20.3 Å². The zero-order valence-electron chi connectivity index (χ0n) is 11.7. The van der Waals surface area contributed by atoms with Gasteiger partial charge in [0.15, 0.2) is 0 Å². The lowest BCUT2D eigenvalue weighted by atomic mass is 10.1. The summed E-state index contributed by atoms with van der Waals surface area (Å²) in [5.41, 5.74) is 2.41. The summed E-state index contributed by atoms with van der Waals surface area (Å²) in [6, 6.07) is 5.84. The molecule has 1 aromatic rings. The first-order chi connectivity index (χ1) is 8.74. The zero-order chi connectivity index (χ0) is 13.4. The molecule has 1 rings (SSSR count). The van der Waals surface area contributed by atoms with E-state index in [4.69, 9.17) is 9.47 Å². The Morgan fingerprint density at radius 2 is 2.00 bits per heavy atom. The minimum absolute atomic E-state index is 0.848. The van der Waals surface area contributed by atoms with E-state index in [9.17, 15) is 0 Å². The van der Waals surface area contributed by atoms with Crippen molar-refractivity contribution in [3.8, 4) is 11.5 Å². The van der Waals surface area contributed by atoms with Gasteiger partial charge in [-0.25, -0.2) is 0 Å². The standard InChI is InChI=1S/C15H23NO2/c1-5-12(11-16-6-2)9-13-10-14(17-3)7-8-15(13)18-4/h7-10,16H,5-6,11H2,1-4H3. The highest BCUT2D eigenvalue weighted by atomic mass is 16.5. The van der Waals surface area contributed by atoms with Crippen molar-refractivity contribution >= 4 is 6.08 Å². The molecule has 0 aliphatic rings. The van der Waals surface area contributed by atoms with Crippen molar-refractivity contribution in [3.05, 3.63) is 29.3 Å². The first-order valence-electron chi connectivity index (χ1n) is 6.37. The zero-order valence-corrected chi connectivity index (χ0v) is 11.7. The molecule has 1 aromatic carbocycles. The Balaban J connectivity index is 3.00. The average Bonchev–Trinajstić information content (AvgIpc) is 2.43. The van der Waals surface area contributed by atoms with Gasteiger partial charge < -0.3 is 14.8 Å². The van der Waals surface area contributed by atoms with Crippen LogP contribution < -0.4 is 14.8 Å². The molecule has 0 atom stereocenters. The van der Waals surface area contributed by atoms with Crippen LogP contribution in [-0.4, -0.2) is 27.3 Å². The molecule has 0 amide bonds. The quantitative estimate of drug-likeness (QED) is 0.805. The monoisotopic (exact) mass is 249 g/mol. The third-order valence-corrected chi connectivity index (χ3v) is 2.85. The highest BCUT2D eigenvalue weighted by Crippen LogP contribution is 2.26. The van der Waals surface area contributed by atoms with Gasteiger partial charge in [-0.3, -0.25) is 0 Å². The molecule has 1 N–H and O–H groups in total. The molecule has 18 heavy (non-hydrogen) atoms. The molecule has 0 aliphatic carbocycles. The van der Waals surface area contributed by atoms with Gasteiger partial charge >= 0.3 is 0 Å². The first kappa shape index (κ1) is 14.6. The summed E-state index contributed by atoms with van der Waals surface area (Å²) in [6.45, 7) is 6.16. The third-order valence-electron chi connectivity index (χ3n) is 2.85. The van der Waals surface area contributed by atoms with E-state index < -0.39 is 0 Å². The van der Waals surface area contributed by atoms with Gasteiger partial charge in [0.05, 0.1) is 14.2 Å². The number of methoxy groups -OCH3 is 2. The highest BCUT2D eigenvalue weighted by molar-refractivity contribution is 5.62. The number of benzene rings is 1. The fraction of sp³-hybridized carbons (Fsp3) is 0.467. The summed E-state index contributed by atoms with van der Waals surface area (Å²) in [4.78, 5) is 0. The largest absolute Gasteiger partial charge is 0.497 e. The molecule has 100 valence electrons. The van der Waals surface area contributed by atoms with Gasteiger partial charge in [0.2, 0.25) is 0 Å². The van der Waals surface area contributed by atoms with Crippen LogP contribution in [-0.2, 0) is 0 Å². The van der Waals surface area contributed by atoms with Crippen LogP contribution in [0.4, 0.5) is 0 Å². The minimum atomic E-state index is 0.848. The van der Waals surface area contributed by atoms with Gasteiger partial charge in [0.25, 0.3) is 0 Å². The maximum atomic E-state index is 5.37.